The summed E-state index contributed by atoms with van der Waals surface area (Å²) in [5.41, 5.74) is 3.28. The Morgan fingerprint density at radius 1 is 1.11 bits per heavy atom. The summed E-state index contributed by atoms with van der Waals surface area (Å²) >= 11 is 1.63. The second-order valence-electron chi connectivity index (χ2n) is 6.24. The van der Waals surface area contributed by atoms with Gasteiger partial charge in [0.1, 0.15) is 5.82 Å². The fourth-order valence-electron chi connectivity index (χ4n) is 2.86. The molecule has 0 spiro atoms. The smallest absolute Gasteiger partial charge is 0.224 e. The number of benzene rings is 2. The van der Waals surface area contributed by atoms with Gasteiger partial charge in [-0.2, -0.15) is 11.3 Å². The molecule has 0 atom stereocenters. The van der Waals surface area contributed by atoms with Gasteiger partial charge >= 0.3 is 0 Å². The van der Waals surface area contributed by atoms with Crippen molar-refractivity contribution in [2.45, 2.75) is 12.8 Å². The van der Waals surface area contributed by atoms with E-state index in [1.807, 2.05) is 35.7 Å². The van der Waals surface area contributed by atoms with Crippen LogP contribution in [0.2, 0.25) is 0 Å². The average Bonchev–Trinajstić information content (AvgIpc) is 3.39. The van der Waals surface area contributed by atoms with Gasteiger partial charge in [0.05, 0.1) is 11.8 Å². The Labute approximate surface area is 165 Å². The predicted molar refractivity (Wildman–Crippen MR) is 109 cm³/mol. The SMILES string of the molecule is O=C(CCc1ncc(-c2ccccc2F)o1)Nc1cccc(-c2ccsc2)c1. The molecule has 0 unspecified atom stereocenters. The van der Waals surface area contributed by atoms with Crippen LogP contribution in [0.5, 0.6) is 0 Å². The van der Waals surface area contributed by atoms with Gasteiger partial charge in [-0.15, -0.1) is 0 Å². The molecule has 0 radical (unpaired) electrons. The predicted octanol–water partition coefficient (Wildman–Crippen LogP) is 5.78. The number of nitrogens with zero attached hydrogens (tertiary/aromatic N) is 1. The molecule has 1 N–H and O–H groups in total. The molecule has 0 fully saturated rings. The Morgan fingerprint density at radius 3 is 2.82 bits per heavy atom. The first-order chi connectivity index (χ1) is 13.7. The highest BCUT2D eigenvalue weighted by molar-refractivity contribution is 7.08. The Morgan fingerprint density at radius 2 is 2.00 bits per heavy atom. The summed E-state index contributed by atoms with van der Waals surface area (Å²) in [4.78, 5) is 16.4. The Kier molecular flexibility index (Phi) is 5.30. The number of oxazole rings is 1. The molecule has 4 rings (SSSR count). The fourth-order valence-corrected chi connectivity index (χ4v) is 3.53. The summed E-state index contributed by atoms with van der Waals surface area (Å²) in [5.74, 6) is 0.263. The standard InChI is InChI=1S/C22H17FN2O2S/c23-19-7-2-1-6-18(19)20-13-24-22(27-20)9-8-21(26)25-17-5-3-4-15(12-17)16-10-11-28-14-16/h1-7,10-14H,8-9H2,(H,25,26). The van der Waals surface area contributed by atoms with Gasteiger partial charge in [0, 0.05) is 18.5 Å². The molecule has 28 heavy (non-hydrogen) atoms. The minimum Gasteiger partial charge on any atom is -0.441 e. The molecular formula is C22H17FN2O2S. The minimum absolute atomic E-state index is 0.131. The van der Waals surface area contributed by atoms with Crippen molar-refractivity contribution in [1.29, 1.82) is 0 Å². The summed E-state index contributed by atoms with van der Waals surface area (Å²) in [7, 11) is 0. The van der Waals surface area contributed by atoms with E-state index in [0.717, 1.165) is 16.8 Å². The van der Waals surface area contributed by atoms with Gasteiger partial charge in [0.2, 0.25) is 5.91 Å². The zero-order valence-electron chi connectivity index (χ0n) is 14.9. The van der Waals surface area contributed by atoms with Crippen LogP contribution in [0.3, 0.4) is 0 Å². The molecule has 4 nitrogen and oxygen atoms in total. The maximum Gasteiger partial charge on any atom is 0.224 e. The van der Waals surface area contributed by atoms with E-state index in [4.69, 9.17) is 4.42 Å². The molecule has 0 saturated carbocycles. The number of aromatic nitrogens is 1. The van der Waals surface area contributed by atoms with E-state index < -0.39 is 0 Å². The molecule has 140 valence electrons. The van der Waals surface area contributed by atoms with Gasteiger partial charge < -0.3 is 9.73 Å². The van der Waals surface area contributed by atoms with E-state index in [1.54, 1.807) is 29.5 Å². The van der Waals surface area contributed by atoms with Crippen LogP contribution in [0.1, 0.15) is 12.3 Å². The molecular weight excluding hydrogens is 375 g/mol. The summed E-state index contributed by atoms with van der Waals surface area (Å²) in [5, 5.41) is 6.98. The lowest BCUT2D eigenvalue weighted by Gasteiger charge is -2.06. The number of rotatable bonds is 6. The topological polar surface area (TPSA) is 55.1 Å². The van der Waals surface area contributed by atoms with Crippen LogP contribution in [0, 0.1) is 5.82 Å². The summed E-state index contributed by atoms with van der Waals surface area (Å²) < 4.78 is 19.4. The van der Waals surface area contributed by atoms with E-state index in [1.165, 1.54) is 12.3 Å². The summed E-state index contributed by atoms with van der Waals surface area (Å²) in [6.45, 7) is 0. The Balaban J connectivity index is 1.37. The number of hydrogen-bond acceptors (Lipinski definition) is 4. The van der Waals surface area contributed by atoms with Crippen molar-refractivity contribution < 1.29 is 13.6 Å². The number of hydrogen-bond donors (Lipinski definition) is 1. The Bertz CT molecular complexity index is 1090. The van der Waals surface area contributed by atoms with Crippen LogP contribution in [0.25, 0.3) is 22.5 Å². The third-order valence-electron chi connectivity index (χ3n) is 4.26. The summed E-state index contributed by atoms with van der Waals surface area (Å²) in [6, 6.07) is 16.1. The van der Waals surface area contributed by atoms with Crippen molar-refractivity contribution in [1.82, 2.24) is 4.98 Å². The average molecular weight is 392 g/mol. The number of anilines is 1. The number of aryl methyl sites for hydroxylation is 1. The third kappa shape index (κ3) is 4.18. The van der Waals surface area contributed by atoms with Crippen molar-refractivity contribution in [3.63, 3.8) is 0 Å². The first-order valence-electron chi connectivity index (χ1n) is 8.81. The zero-order valence-corrected chi connectivity index (χ0v) is 15.7. The van der Waals surface area contributed by atoms with E-state index in [-0.39, 0.29) is 18.1 Å². The number of carbonyl (C=O) groups is 1. The van der Waals surface area contributed by atoms with E-state index in [9.17, 15) is 9.18 Å². The number of thiophene rings is 1. The highest BCUT2D eigenvalue weighted by atomic mass is 32.1. The first-order valence-corrected chi connectivity index (χ1v) is 9.75. The molecule has 2 heterocycles. The van der Waals surface area contributed by atoms with Crippen molar-refractivity contribution in [2.75, 3.05) is 5.32 Å². The number of nitrogens with one attached hydrogen (secondary N) is 1. The van der Waals surface area contributed by atoms with Crippen molar-refractivity contribution >= 4 is 22.9 Å². The highest BCUT2D eigenvalue weighted by Crippen LogP contribution is 2.25. The number of carbonyl (C=O) groups excluding carboxylic acids is 1. The quantitative estimate of drug-likeness (QED) is 0.452. The molecule has 6 heteroatoms. The lowest BCUT2D eigenvalue weighted by Crippen LogP contribution is -2.12. The van der Waals surface area contributed by atoms with Gasteiger partial charge in [-0.3, -0.25) is 4.79 Å². The second-order valence-corrected chi connectivity index (χ2v) is 7.02. The highest BCUT2D eigenvalue weighted by Gasteiger charge is 2.12. The molecule has 0 aliphatic heterocycles. The van der Waals surface area contributed by atoms with Gasteiger partial charge in [0.25, 0.3) is 0 Å². The monoisotopic (exact) mass is 392 g/mol. The third-order valence-corrected chi connectivity index (χ3v) is 4.94. The molecule has 2 aromatic carbocycles. The first kappa shape index (κ1) is 18.1. The maximum absolute atomic E-state index is 13.8. The van der Waals surface area contributed by atoms with Crippen LogP contribution in [-0.4, -0.2) is 10.9 Å². The van der Waals surface area contributed by atoms with Crippen LogP contribution in [0.4, 0.5) is 10.1 Å². The van der Waals surface area contributed by atoms with Gasteiger partial charge in [-0.1, -0.05) is 24.3 Å². The Hall–Kier alpha value is -3.25. The van der Waals surface area contributed by atoms with Gasteiger partial charge in [0.15, 0.2) is 11.7 Å². The van der Waals surface area contributed by atoms with E-state index >= 15 is 0 Å². The van der Waals surface area contributed by atoms with Crippen molar-refractivity contribution in [3.8, 4) is 22.5 Å². The normalized spacial score (nSPS) is 10.8. The molecule has 0 bridgehead atoms. The van der Waals surface area contributed by atoms with Crippen LogP contribution >= 0.6 is 11.3 Å². The van der Waals surface area contributed by atoms with Crippen LogP contribution in [-0.2, 0) is 11.2 Å². The lowest BCUT2D eigenvalue weighted by atomic mass is 10.1. The van der Waals surface area contributed by atoms with Gasteiger partial charge in [-0.25, -0.2) is 9.37 Å². The largest absolute Gasteiger partial charge is 0.441 e. The van der Waals surface area contributed by atoms with Crippen LogP contribution < -0.4 is 5.32 Å². The zero-order chi connectivity index (χ0) is 19.3. The molecule has 0 aliphatic rings. The molecule has 1 amide bonds. The molecule has 0 saturated heterocycles. The van der Waals surface area contributed by atoms with Gasteiger partial charge in [-0.05, 0) is 52.2 Å². The molecule has 2 aromatic heterocycles. The molecule has 0 aliphatic carbocycles. The summed E-state index contributed by atoms with van der Waals surface area (Å²) in [6.07, 6.45) is 2.04. The van der Waals surface area contributed by atoms with E-state index in [2.05, 4.69) is 15.7 Å². The number of amides is 1. The second kappa shape index (κ2) is 8.19. The van der Waals surface area contributed by atoms with Crippen molar-refractivity contribution in [2.24, 2.45) is 0 Å². The van der Waals surface area contributed by atoms with E-state index in [0.29, 0.717) is 23.6 Å². The molecule has 4 aromatic rings. The maximum atomic E-state index is 13.8. The van der Waals surface area contributed by atoms with Crippen molar-refractivity contribution in [3.05, 3.63) is 83.3 Å². The minimum atomic E-state index is -0.367. The lowest BCUT2D eigenvalue weighted by molar-refractivity contribution is -0.116. The number of halogens is 1. The van der Waals surface area contributed by atoms with Crippen LogP contribution in [0.15, 0.2) is 76.0 Å². The fraction of sp³-hybridized carbons (Fsp3) is 0.0909.